The molecule has 0 atom stereocenters. The van der Waals surface area contributed by atoms with Gasteiger partial charge in [-0.05, 0) is 30.7 Å². The fourth-order valence-electron chi connectivity index (χ4n) is 3.45. The van der Waals surface area contributed by atoms with E-state index >= 15 is 0 Å². The summed E-state index contributed by atoms with van der Waals surface area (Å²) in [6, 6.07) is 1.85. The predicted molar refractivity (Wildman–Crippen MR) is 91.3 cm³/mol. The van der Waals surface area contributed by atoms with Crippen molar-refractivity contribution in [2.24, 2.45) is 0 Å². The lowest BCUT2D eigenvalue weighted by molar-refractivity contribution is 0.0535. The van der Waals surface area contributed by atoms with Crippen molar-refractivity contribution < 1.29 is 9.59 Å². The number of nitrogens with zero attached hydrogens (tertiary/aromatic N) is 4. The molecule has 0 N–H and O–H groups in total. The molecule has 0 aliphatic carbocycles. The summed E-state index contributed by atoms with van der Waals surface area (Å²) in [5.41, 5.74) is 2.56. The molecule has 0 aromatic carbocycles. The van der Waals surface area contributed by atoms with Crippen molar-refractivity contribution in [1.29, 1.82) is 0 Å². The number of fused-ring (bicyclic) bond motifs is 1. The van der Waals surface area contributed by atoms with Crippen LogP contribution >= 0.6 is 11.3 Å². The number of rotatable bonds is 2. The van der Waals surface area contributed by atoms with E-state index in [0.29, 0.717) is 26.2 Å². The van der Waals surface area contributed by atoms with Crippen LogP contribution in [0.5, 0.6) is 0 Å². The quantitative estimate of drug-likeness (QED) is 0.836. The summed E-state index contributed by atoms with van der Waals surface area (Å²) in [6.07, 6.45) is 4.89. The first-order valence-electron chi connectivity index (χ1n) is 8.39. The molecule has 0 unspecified atom stereocenters. The molecule has 0 radical (unpaired) electrons. The zero-order valence-corrected chi connectivity index (χ0v) is 14.3. The normalized spacial score (nSPS) is 17.7. The van der Waals surface area contributed by atoms with Gasteiger partial charge in [0, 0.05) is 38.1 Å². The smallest absolute Gasteiger partial charge is 0.257 e. The first-order chi connectivity index (χ1) is 11.7. The summed E-state index contributed by atoms with van der Waals surface area (Å²) in [5, 5.41) is 8.14. The van der Waals surface area contributed by atoms with Crippen molar-refractivity contribution in [2.45, 2.75) is 25.8 Å². The van der Waals surface area contributed by atoms with Crippen LogP contribution in [0, 0.1) is 0 Å². The number of amides is 2. The van der Waals surface area contributed by atoms with E-state index < -0.39 is 0 Å². The monoisotopic (exact) mass is 344 g/mol. The molecule has 2 aliphatic heterocycles. The Labute approximate surface area is 144 Å². The second kappa shape index (κ2) is 6.39. The van der Waals surface area contributed by atoms with Crippen LogP contribution in [0.2, 0.25) is 0 Å². The lowest BCUT2D eigenvalue weighted by Gasteiger charge is -2.34. The highest BCUT2D eigenvalue weighted by molar-refractivity contribution is 7.08. The molecule has 2 aliphatic rings. The van der Waals surface area contributed by atoms with E-state index in [9.17, 15) is 9.59 Å². The number of thiophene rings is 1. The molecule has 24 heavy (non-hydrogen) atoms. The second-order valence-corrected chi connectivity index (χ2v) is 7.06. The van der Waals surface area contributed by atoms with E-state index in [1.807, 2.05) is 31.3 Å². The largest absolute Gasteiger partial charge is 0.335 e. The summed E-state index contributed by atoms with van der Waals surface area (Å²) in [7, 11) is 0. The highest BCUT2D eigenvalue weighted by Crippen LogP contribution is 2.20. The average molecular weight is 344 g/mol. The number of aromatic nitrogens is 2. The summed E-state index contributed by atoms with van der Waals surface area (Å²) in [4.78, 5) is 28.9. The highest BCUT2D eigenvalue weighted by Gasteiger charge is 2.28. The maximum absolute atomic E-state index is 12.8. The number of hydrogen-bond donors (Lipinski definition) is 0. The van der Waals surface area contributed by atoms with Gasteiger partial charge in [-0.25, -0.2) is 0 Å². The van der Waals surface area contributed by atoms with Crippen molar-refractivity contribution in [3.63, 3.8) is 0 Å². The molecule has 6 nitrogen and oxygen atoms in total. The number of hydrogen-bond acceptors (Lipinski definition) is 4. The van der Waals surface area contributed by atoms with Gasteiger partial charge in [0.15, 0.2) is 0 Å². The van der Waals surface area contributed by atoms with Crippen LogP contribution in [-0.4, -0.2) is 57.6 Å². The van der Waals surface area contributed by atoms with Gasteiger partial charge in [0.1, 0.15) is 0 Å². The minimum absolute atomic E-state index is 0.0563. The molecule has 0 spiro atoms. The van der Waals surface area contributed by atoms with Gasteiger partial charge in [0.2, 0.25) is 0 Å². The Balaban J connectivity index is 1.41. The Morgan fingerprint density at radius 2 is 1.75 bits per heavy atom. The van der Waals surface area contributed by atoms with Crippen LogP contribution in [0.15, 0.2) is 23.0 Å². The molecule has 2 aromatic heterocycles. The molecule has 0 bridgehead atoms. The van der Waals surface area contributed by atoms with Gasteiger partial charge < -0.3 is 9.80 Å². The molecular formula is C17H20N4O2S. The molecule has 1 fully saturated rings. The SMILES string of the molecule is O=C(c1ccsc1)N1CCN(C(=O)c2cnn3c2CCCC3)CC1. The Morgan fingerprint density at radius 1 is 1.00 bits per heavy atom. The average Bonchev–Trinajstić information content (AvgIpc) is 3.30. The van der Waals surface area contributed by atoms with E-state index in [2.05, 4.69) is 5.10 Å². The number of carbonyl (C=O) groups excluding carboxylic acids is 2. The number of aryl methyl sites for hydroxylation is 1. The zero-order valence-electron chi connectivity index (χ0n) is 13.5. The molecule has 126 valence electrons. The fraction of sp³-hybridized carbons (Fsp3) is 0.471. The van der Waals surface area contributed by atoms with Crippen LogP contribution in [0.4, 0.5) is 0 Å². The molecular weight excluding hydrogens is 324 g/mol. The van der Waals surface area contributed by atoms with Crippen molar-refractivity contribution in [2.75, 3.05) is 26.2 Å². The summed E-state index contributed by atoms with van der Waals surface area (Å²) < 4.78 is 1.97. The van der Waals surface area contributed by atoms with E-state index in [0.717, 1.165) is 42.6 Å². The second-order valence-electron chi connectivity index (χ2n) is 6.28. The lowest BCUT2D eigenvalue weighted by Crippen LogP contribution is -2.50. The van der Waals surface area contributed by atoms with Gasteiger partial charge in [0.25, 0.3) is 11.8 Å². The standard InChI is InChI=1S/C17H20N4O2S/c22-16(13-4-10-24-12-13)19-6-8-20(9-7-19)17(23)14-11-18-21-5-2-1-3-15(14)21/h4,10-12H,1-3,5-9H2. The summed E-state index contributed by atoms with van der Waals surface area (Å²) >= 11 is 1.53. The Bertz CT molecular complexity index is 745. The van der Waals surface area contributed by atoms with Crippen LogP contribution in [0.25, 0.3) is 0 Å². The number of carbonyl (C=O) groups is 2. The highest BCUT2D eigenvalue weighted by atomic mass is 32.1. The molecule has 4 heterocycles. The van der Waals surface area contributed by atoms with Gasteiger partial charge in [0.05, 0.1) is 23.0 Å². The van der Waals surface area contributed by atoms with Gasteiger partial charge in [-0.2, -0.15) is 16.4 Å². The van der Waals surface area contributed by atoms with Crippen LogP contribution in [0.3, 0.4) is 0 Å². The van der Waals surface area contributed by atoms with Crippen molar-refractivity contribution >= 4 is 23.2 Å². The lowest BCUT2D eigenvalue weighted by atomic mass is 10.1. The Kier molecular flexibility index (Phi) is 4.10. The van der Waals surface area contributed by atoms with Crippen molar-refractivity contribution in [1.82, 2.24) is 19.6 Å². The van der Waals surface area contributed by atoms with Crippen LogP contribution in [0.1, 0.15) is 39.3 Å². The summed E-state index contributed by atoms with van der Waals surface area (Å²) in [6.45, 7) is 3.25. The maximum atomic E-state index is 12.8. The molecule has 2 aromatic rings. The number of piperazine rings is 1. The Morgan fingerprint density at radius 3 is 2.46 bits per heavy atom. The van der Waals surface area contributed by atoms with Crippen LogP contribution < -0.4 is 0 Å². The van der Waals surface area contributed by atoms with Gasteiger partial charge in [-0.1, -0.05) is 0 Å². The van der Waals surface area contributed by atoms with Crippen molar-refractivity contribution in [3.8, 4) is 0 Å². The van der Waals surface area contributed by atoms with Gasteiger partial charge >= 0.3 is 0 Å². The minimum Gasteiger partial charge on any atom is -0.335 e. The molecule has 0 saturated carbocycles. The minimum atomic E-state index is 0.0563. The first-order valence-corrected chi connectivity index (χ1v) is 9.34. The third-order valence-electron chi connectivity index (χ3n) is 4.83. The fourth-order valence-corrected chi connectivity index (χ4v) is 4.08. The summed E-state index contributed by atoms with van der Waals surface area (Å²) in [5.74, 6) is 0.118. The first kappa shape index (κ1) is 15.4. The van der Waals surface area contributed by atoms with E-state index in [1.165, 1.54) is 11.3 Å². The van der Waals surface area contributed by atoms with E-state index in [4.69, 9.17) is 0 Å². The van der Waals surface area contributed by atoms with Gasteiger partial charge in [-0.3, -0.25) is 14.3 Å². The Hall–Kier alpha value is -2.15. The third kappa shape index (κ3) is 2.73. The predicted octanol–water partition coefficient (Wildman–Crippen LogP) is 1.88. The topological polar surface area (TPSA) is 58.4 Å². The molecule has 2 amide bonds. The van der Waals surface area contributed by atoms with E-state index in [1.54, 1.807) is 6.20 Å². The maximum Gasteiger partial charge on any atom is 0.257 e. The molecule has 1 saturated heterocycles. The van der Waals surface area contributed by atoms with Crippen molar-refractivity contribution in [3.05, 3.63) is 39.8 Å². The van der Waals surface area contributed by atoms with Crippen LogP contribution in [-0.2, 0) is 13.0 Å². The van der Waals surface area contributed by atoms with Gasteiger partial charge in [-0.15, -0.1) is 0 Å². The zero-order chi connectivity index (χ0) is 16.5. The van der Waals surface area contributed by atoms with E-state index in [-0.39, 0.29) is 11.8 Å². The molecule has 7 heteroatoms. The molecule has 4 rings (SSSR count). The third-order valence-corrected chi connectivity index (χ3v) is 5.52.